The van der Waals surface area contributed by atoms with Gasteiger partial charge in [-0.25, -0.2) is 4.79 Å². The molecule has 154 valence electrons. The first-order chi connectivity index (χ1) is 13.7. The molecule has 3 aliphatic rings. The molecule has 29 heavy (non-hydrogen) atoms. The number of esters is 1. The number of amides is 3. The number of hydrogen-bond donors (Lipinski definition) is 0. The van der Waals surface area contributed by atoms with E-state index in [4.69, 9.17) is 14.2 Å². The van der Waals surface area contributed by atoms with Crippen LogP contribution in [0, 0.1) is 0 Å². The fourth-order valence-electron chi connectivity index (χ4n) is 4.24. The van der Waals surface area contributed by atoms with Crippen LogP contribution in [0.3, 0.4) is 0 Å². The normalized spacial score (nSPS) is 29.0. The first kappa shape index (κ1) is 19.5. The highest BCUT2D eigenvalue weighted by Crippen LogP contribution is 2.39. The first-order valence-corrected chi connectivity index (χ1v) is 9.36. The molecule has 3 aliphatic heterocycles. The molecule has 4 atom stereocenters. The third kappa shape index (κ3) is 2.84. The fraction of sp³-hybridized carbons (Fsp3) is 0.500. The zero-order chi connectivity index (χ0) is 21.1. The van der Waals surface area contributed by atoms with E-state index in [0.29, 0.717) is 0 Å². The van der Waals surface area contributed by atoms with Gasteiger partial charge in [-0.1, -0.05) is 12.1 Å². The summed E-state index contributed by atoms with van der Waals surface area (Å²) < 4.78 is 16.3. The van der Waals surface area contributed by atoms with Gasteiger partial charge in [0.05, 0.1) is 30.9 Å². The molecule has 1 aromatic carbocycles. The topological polar surface area (TPSA) is 102 Å². The van der Waals surface area contributed by atoms with Crippen LogP contribution in [-0.4, -0.2) is 77.2 Å². The van der Waals surface area contributed by atoms with Crippen LogP contribution in [0.15, 0.2) is 24.3 Å². The number of carbonyl (C=O) groups is 4. The van der Waals surface area contributed by atoms with E-state index in [0.717, 1.165) is 4.90 Å². The Balaban J connectivity index is 1.69. The molecular weight excluding hydrogens is 380 g/mol. The fourth-order valence-corrected chi connectivity index (χ4v) is 4.24. The molecule has 1 unspecified atom stereocenters. The number of β-lactam (4-membered cyclic amide) rings is 1. The summed E-state index contributed by atoms with van der Waals surface area (Å²) in [6.45, 7) is 5.17. The average molecular weight is 402 g/mol. The molecule has 2 saturated heterocycles. The van der Waals surface area contributed by atoms with E-state index < -0.39 is 53.7 Å². The second-order valence-corrected chi connectivity index (χ2v) is 7.77. The predicted molar refractivity (Wildman–Crippen MR) is 97.7 cm³/mol. The van der Waals surface area contributed by atoms with Gasteiger partial charge in [-0.2, -0.15) is 0 Å². The van der Waals surface area contributed by atoms with Crippen molar-refractivity contribution in [2.45, 2.75) is 50.8 Å². The van der Waals surface area contributed by atoms with Crippen molar-refractivity contribution in [1.29, 1.82) is 0 Å². The number of likely N-dealkylation sites (tertiary alicyclic amines) is 1. The lowest BCUT2D eigenvalue weighted by Crippen LogP contribution is -2.77. The van der Waals surface area contributed by atoms with Gasteiger partial charge in [0.1, 0.15) is 18.2 Å². The number of hydrogen-bond acceptors (Lipinski definition) is 7. The van der Waals surface area contributed by atoms with Crippen molar-refractivity contribution >= 4 is 23.7 Å². The number of imide groups is 1. The zero-order valence-corrected chi connectivity index (χ0v) is 16.6. The van der Waals surface area contributed by atoms with Crippen molar-refractivity contribution in [1.82, 2.24) is 9.80 Å². The van der Waals surface area contributed by atoms with Crippen LogP contribution in [0.5, 0.6) is 0 Å². The maximum absolute atomic E-state index is 13.1. The van der Waals surface area contributed by atoms with Crippen molar-refractivity contribution < 1.29 is 33.4 Å². The largest absolute Gasteiger partial charge is 0.467 e. The van der Waals surface area contributed by atoms with E-state index in [-0.39, 0.29) is 17.7 Å². The van der Waals surface area contributed by atoms with Gasteiger partial charge in [-0.3, -0.25) is 19.3 Å². The van der Waals surface area contributed by atoms with Crippen LogP contribution >= 0.6 is 0 Å². The maximum atomic E-state index is 13.1. The Labute approximate surface area is 167 Å². The number of benzene rings is 1. The van der Waals surface area contributed by atoms with E-state index in [9.17, 15) is 19.2 Å². The van der Waals surface area contributed by atoms with Gasteiger partial charge in [0.2, 0.25) is 5.91 Å². The Morgan fingerprint density at radius 3 is 2.24 bits per heavy atom. The highest BCUT2D eigenvalue weighted by atomic mass is 16.7. The number of rotatable bonds is 4. The maximum Gasteiger partial charge on any atom is 0.328 e. The standard InChI is InChI=1S/C20H22N2O7/c1-10(19(26)27-4)21-14(13-9-28-20(2,3)29-13)15(18(21)25)22-16(23)11-7-5-6-8-12(11)17(22)24/h5-8,10,13-15H,9H2,1-4H3/t10?,13-,14+,15-/m1/s1. The smallest absolute Gasteiger partial charge is 0.328 e. The van der Waals surface area contributed by atoms with E-state index in [2.05, 4.69) is 0 Å². The van der Waals surface area contributed by atoms with Crippen LogP contribution in [0.1, 0.15) is 41.5 Å². The summed E-state index contributed by atoms with van der Waals surface area (Å²) >= 11 is 0. The molecule has 0 bridgehead atoms. The van der Waals surface area contributed by atoms with Crippen LogP contribution in [0.4, 0.5) is 0 Å². The molecule has 0 radical (unpaired) electrons. The zero-order valence-electron chi connectivity index (χ0n) is 16.6. The molecule has 0 N–H and O–H groups in total. The second kappa shape index (κ2) is 6.64. The first-order valence-electron chi connectivity index (χ1n) is 9.36. The lowest BCUT2D eigenvalue weighted by molar-refractivity contribution is -0.186. The van der Waals surface area contributed by atoms with Crippen LogP contribution in [-0.2, 0) is 23.8 Å². The molecule has 9 nitrogen and oxygen atoms in total. The minimum absolute atomic E-state index is 0.162. The SMILES string of the molecule is COC(=O)C(C)N1C(=O)[C@H](N2C(=O)c3ccccc3C2=O)[C@@H]1[C@H]1COC(C)(C)O1. The minimum atomic E-state index is -1.07. The van der Waals surface area contributed by atoms with Crippen LogP contribution in [0.25, 0.3) is 0 Å². The molecular formula is C20H22N2O7. The van der Waals surface area contributed by atoms with E-state index in [1.54, 1.807) is 38.1 Å². The van der Waals surface area contributed by atoms with Crippen molar-refractivity contribution in [3.05, 3.63) is 35.4 Å². The predicted octanol–water partition coefficient (Wildman–Crippen LogP) is 0.575. The molecule has 3 amide bonds. The number of methoxy groups -OCH3 is 1. The minimum Gasteiger partial charge on any atom is -0.467 e. The summed E-state index contributed by atoms with van der Waals surface area (Å²) in [5.74, 6) is -3.04. The van der Waals surface area contributed by atoms with Crippen molar-refractivity contribution in [3.63, 3.8) is 0 Å². The summed E-state index contributed by atoms with van der Waals surface area (Å²) in [5, 5.41) is 0. The van der Waals surface area contributed by atoms with Gasteiger partial charge in [0.15, 0.2) is 5.79 Å². The molecule has 1 aromatic rings. The van der Waals surface area contributed by atoms with E-state index in [1.165, 1.54) is 18.9 Å². The summed E-state index contributed by atoms with van der Waals surface area (Å²) in [4.78, 5) is 53.3. The Morgan fingerprint density at radius 1 is 1.17 bits per heavy atom. The third-order valence-corrected chi connectivity index (χ3v) is 5.63. The monoisotopic (exact) mass is 402 g/mol. The molecule has 0 spiro atoms. The van der Waals surface area contributed by atoms with Gasteiger partial charge in [0.25, 0.3) is 11.8 Å². The highest BCUT2D eigenvalue weighted by molar-refractivity contribution is 6.23. The van der Waals surface area contributed by atoms with Crippen LogP contribution in [0.2, 0.25) is 0 Å². The van der Waals surface area contributed by atoms with Gasteiger partial charge < -0.3 is 19.1 Å². The summed E-state index contributed by atoms with van der Waals surface area (Å²) in [5.41, 5.74) is 0.514. The Hall–Kier alpha value is -2.78. The van der Waals surface area contributed by atoms with Gasteiger partial charge >= 0.3 is 5.97 Å². The molecule has 3 heterocycles. The van der Waals surface area contributed by atoms with Crippen LogP contribution < -0.4 is 0 Å². The van der Waals surface area contributed by atoms with Gasteiger partial charge in [0, 0.05) is 0 Å². The van der Waals surface area contributed by atoms with Crippen molar-refractivity contribution in [3.8, 4) is 0 Å². The third-order valence-electron chi connectivity index (χ3n) is 5.63. The molecule has 9 heteroatoms. The van der Waals surface area contributed by atoms with Gasteiger partial charge in [-0.05, 0) is 32.9 Å². The number of nitrogens with zero attached hydrogens (tertiary/aromatic N) is 2. The molecule has 0 aliphatic carbocycles. The molecule has 0 aromatic heterocycles. The lowest BCUT2D eigenvalue weighted by Gasteiger charge is -2.53. The van der Waals surface area contributed by atoms with E-state index in [1.807, 2.05) is 0 Å². The summed E-state index contributed by atoms with van der Waals surface area (Å²) in [6.07, 6.45) is -0.607. The Kier molecular flexibility index (Phi) is 4.47. The van der Waals surface area contributed by atoms with E-state index >= 15 is 0 Å². The molecule has 0 saturated carbocycles. The summed E-state index contributed by atoms with van der Waals surface area (Å²) in [7, 11) is 1.23. The second-order valence-electron chi connectivity index (χ2n) is 7.77. The van der Waals surface area contributed by atoms with Gasteiger partial charge in [-0.15, -0.1) is 0 Å². The number of ether oxygens (including phenoxy) is 3. The number of fused-ring (bicyclic) bond motifs is 1. The van der Waals surface area contributed by atoms with Crippen molar-refractivity contribution in [2.75, 3.05) is 13.7 Å². The Morgan fingerprint density at radius 2 is 1.76 bits per heavy atom. The molecule has 2 fully saturated rings. The Bertz CT molecular complexity index is 877. The number of carbonyl (C=O) groups excluding carboxylic acids is 4. The highest BCUT2D eigenvalue weighted by Gasteiger charge is 2.62. The molecule has 4 rings (SSSR count). The quantitative estimate of drug-likeness (QED) is 0.412. The average Bonchev–Trinajstić information content (AvgIpc) is 3.17. The van der Waals surface area contributed by atoms with Crippen molar-refractivity contribution in [2.24, 2.45) is 0 Å². The summed E-state index contributed by atoms with van der Waals surface area (Å²) in [6, 6.07) is 3.75. The lowest BCUT2D eigenvalue weighted by atomic mass is 9.87.